The lowest BCUT2D eigenvalue weighted by atomic mass is 9.81. The highest BCUT2D eigenvalue weighted by molar-refractivity contribution is 6.49. The lowest BCUT2D eigenvalue weighted by molar-refractivity contribution is -0.135. The summed E-state index contributed by atoms with van der Waals surface area (Å²) in [6.45, 7) is 4.57. The predicted octanol–water partition coefficient (Wildman–Crippen LogP) is 17.1. The van der Waals surface area contributed by atoms with Gasteiger partial charge in [-0.25, -0.2) is 45.1 Å². The van der Waals surface area contributed by atoms with Gasteiger partial charge < -0.3 is 40.9 Å². The molecule has 0 bridgehead atoms. The average molecular weight is 1630 g/mol. The lowest BCUT2D eigenvalue weighted by Crippen LogP contribution is -2.36. The molecule has 32 heteroatoms. The first kappa shape index (κ1) is 85.7. The summed E-state index contributed by atoms with van der Waals surface area (Å²) in [6, 6.07) is 25.5. The molecule has 24 nitrogen and oxygen atoms in total. The van der Waals surface area contributed by atoms with E-state index in [-0.39, 0.29) is 52.5 Å². The largest absolute Gasteiger partial charge is 0.427 e. The molecule has 4 heterocycles. The molecule has 0 radical (unpaired) electrons. The van der Waals surface area contributed by atoms with Gasteiger partial charge in [-0.15, -0.1) is 4.91 Å². The topological polar surface area (TPSA) is 331 Å². The van der Waals surface area contributed by atoms with Crippen LogP contribution >= 0.6 is 0 Å². The van der Waals surface area contributed by atoms with Crippen LogP contribution in [0.25, 0.3) is 0 Å². The van der Waals surface area contributed by atoms with E-state index < -0.39 is 58.4 Å². The van der Waals surface area contributed by atoms with Gasteiger partial charge in [-0.3, -0.25) is 34.2 Å². The zero-order valence-electron chi connectivity index (χ0n) is 65.7. The number of ketones is 4. The molecule has 1 unspecified atom stereocenters. The number of aromatic amines is 2. The fraction of sp³-hybridized carbons (Fsp3) is 0.419. The number of fused-ring (bicyclic) bond motifs is 4. The minimum atomic E-state index is -1.07. The second-order valence-electron chi connectivity index (χ2n) is 31.5. The molecule has 1 atom stereocenters. The highest BCUT2D eigenvalue weighted by atomic mass is 19.2. The zero-order chi connectivity index (χ0) is 83.8. The maximum atomic E-state index is 13.5. The van der Waals surface area contributed by atoms with Crippen LogP contribution < -0.4 is 30.9 Å². The summed E-state index contributed by atoms with van der Waals surface area (Å²) in [7, 11) is 4.09. The Hall–Kier alpha value is -11.7. The van der Waals surface area contributed by atoms with Gasteiger partial charge in [0.05, 0.1) is 6.04 Å². The Morgan fingerprint density at radius 3 is 1.52 bits per heavy atom. The molecule has 0 saturated heterocycles. The smallest absolute Gasteiger partial charge is 0.311 e. The number of aromatic nitrogens is 8. The third kappa shape index (κ3) is 22.9. The molecule has 4 saturated carbocycles. The van der Waals surface area contributed by atoms with Crippen molar-refractivity contribution in [2.45, 2.75) is 185 Å². The molecule has 0 amide bonds. The van der Waals surface area contributed by atoms with Crippen LogP contribution in [0.5, 0.6) is 5.75 Å². The number of nitrogens with one attached hydrogen (secondary N) is 4. The number of anilines is 6. The maximum absolute atomic E-state index is 13.5. The van der Waals surface area contributed by atoms with Crippen LogP contribution in [0, 0.1) is 75.1 Å². The lowest BCUT2D eigenvalue weighted by Gasteiger charge is -2.34. The molecule has 4 fully saturated rings. The van der Waals surface area contributed by atoms with E-state index in [2.05, 4.69) is 92.1 Å². The van der Waals surface area contributed by atoms with E-state index in [4.69, 9.17) is 25.6 Å². The third-order valence-corrected chi connectivity index (χ3v) is 22.3. The van der Waals surface area contributed by atoms with Gasteiger partial charge >= 0.3 is 5.97 Å². The standard InChI is InChI=1S/C29H34F2N6O.C25H30N6O2.C9H5F2NO2.C9H7F2NO.C9H6F2O.C5H11NO2/c1-37(29-32-9-8-27(34-29)33-28-16-26(35-36-28)19-4-5-19)22-6-2-17(3-7-22)12-23(38)13-18-10-20-14-24(30)25(31)15-21(20)11-18;1-31(19-11-7-17(8-12-19)15-24(32)33-20-5-3-2-4-6-20)25-26-14-13-22(28-25)27-23-16-21(29-30-23)18-9-10-18;10-6-1-4-2-8(12-14)9(13)5(4)3-7(6)11;10-6-1-4-2-8(12)9(13)5(4)3-7(6)11;10-7-3-5-1-2-9(12)6(5)4-8(7)11;1-5(2)3-4-8-6-7/h8-9,14-19,22H,2-7,10-13H2,1H3,(H2,32,33,34,35,36);2-6,13-14,16-19H,7-12,15H2,1H3,(H2,26,27,28,29,30);1,3,14H,2H2;1,3,8H,2,12H2;3-4H,1-2H2;5H,3-4H2,1-2H3/b;;12-8-;;;. The number of benzene rings is 5. The number of rotatable bonds is 21. The normalized spacial score (nSPS) is 19.1. The molecule has 0 aliphatic heterocycles. The van der Waals surface area contributed by atoms with Crippen molar-refractivity contribution in [3.63, 3.8) is 0 Å². The van der Waals surface area contributed by atoms with Crippen LogP contribution in [-0.2, 0) is 46.5 Å². The minimum Gasteiger partial charge on any atom is -0.427 e. The molecule has 622 valence electrons. The summed E-state index contributed by atoms with van der Waals surface area (Å²) in [5.74, 6) is -0.525. The van der Waals surface area contributed by atoms with Crippen LogP contribution in [0.3, 0.4) is 0 Å². The highest BCUT2D eigenvalue weighted by Crippen LogP contribution is 2.42. The Morgan fingerprint density at radius 1 is 0.551 bits per heavy atom. The Labute approximate surface area is 675 Å². The Morgan fingerprint density at radius 2 is 1.02 bits per heavy atom. The van der Waals surface area contributed by atoms with Crippen molar-refractivity contribution in [1.29, 1.82) is 0 Å². The predicted molar refractivity (Wildman–Crippen MR) is 424 cm³/mol. The van der Waals surface area contributed by atoms with Gasteiger partial charge in [0.2, 0.25) is 17.7 Å². The van der Waals surface area contributed by atoms with Crippen molar-refractivity contribution in [2.24, 2.45) is 39.9 Å². The molecule has 8 aliphatic carbocycles. The molecular formula is C86H93F8N15O9. The van der Waals surface area contributed by atoms with Crippen LogP contribution in [0.1, 0.15) is 205 Å². The summed E-state index contributed by atoms with van der Waals surface area (Å²) in [5, 5.41) is 34.9. The summed E-state index contributed by atoms with van der Waals surface area (Å²) in [4.78, 5) is 94.9. The van der Waals surface area contributed by atoms with Crippen molar-refractivity contribution >= 4 is 70.0 Å². The van der Waals surface area contributed by atoms with Gasteiger partial charge in [0.1, 0.15) is 35.5 Å². The maximum Gasteiger partial charge on any atom is 0.311 e. The number of carbonyl (C=O) groups is 5. The van der Waals surface area contributed by atoms with Crippen molar-refractivity contribution in [3.05, 3.63) is 223 Å². The average Bonchev–Trinajstić information content (AvgIpc) is 1.66. The summed E-state index contributed by atoms with van der Waals surface area (Å²) in [6.07, 6.45) is 21.4. The number of carbonyl (C=O) groups excluding carboxylic acids is 5. The number of Topliss-reactive ketones (excluding diaryl/α,β-unsaturated/α-hetero) is 4. The monoisotopic (exact) mass is 1630 g/mol. The van der Waals surface area contributed by atoms with Gasteiger partial charge in [-0.05, 0) is 233 Å². The number of nitrogens with two attached hydrogens (primary N) is 1. The first-order valence-corrected chi connectivity index (χ1v) is 39.7. The molecule has 118 heavy (non-hydrogen) atoms. The summed E-state index contributed by atoms with van der Waals surface area (Å²) >= 11 is 0. The Kier molecular flexibility index (Phi) is 28.7. The van der Waals surface area contributed by atoms with E-state index in [0.29, 0.717) is 140 Å². The molecule has 0 spiro atoms. The molecule has 4 aromatic heterocycles. The quantitative estimate of drug-likeness (QED) is 0.00740. The first-order chi connectivity index (χ1) is 56.7. The molecule has 8 aliphatic rings. The van der Waals surface area contributed by atoms with Gasteiger partial charge in [0.15, 0.2) is 75.1 Å². The number of H-pyrrole nitrogens is 2. The van der Waals surface area contributed by atoms with E-state index in [0.717, 1.165) is 129 Å². The van der Waals surface area contributed by atoms with E-state index in [1.807, 2.05) is 56.6 Å². The molecule has 17 rings (SSSR count). The number of nitrogens with zero attached hydrogens (tertiary/aromatic N) is 10. The van der Waals surface area contributed by atoms with Crippen molar-refractivity contribution in [2.75, 3.05) is 41.1 Å². The minimum absolute atomic E-state index is 0.0435. The molecule has 9 aromatic rings. The second kappa shape index (κ2) is 39.5. The number of esters is 1. The molecule has 7 N–H and O–H groups in total. The number of para-hydroxylation sites is 1. The first-order valence-electron chi connectivity index (χ1n) is 39.7. The third-order valence-electron chi connectivity index (χ3n) is 22.3. The second-order valence-corrected chi connectivity index (χ2v) is 31.5. The molecule has 5 aromatic carbocycles. The van der Waals surface area contributed by atoms with Gasteiger partial charge in [-0.2, -0.15) is 20.2 Å². The van der Waals surface area contributed by atoms with Crippen LogP contribution in [-0.4, -0.2) is 119 Å². The van der Waals surface area contributed by atoms with Crippen LogP contribution in [0.2, 0.25) is 0 Å². The number of halogens is 8. The Bertz CT molecular complexity index is 5080. The fourth-order valence-electron chi connectivity index (χ4n) is 15.4. The molecular weight excluding hydrogens is 1540 g/mol. The van der Waals surface area contributed by atoms with Gasteiger partial charge in [0, 0.05) is 123 Å². The van der Waals surface area contributed by atoms with Crippen LogP contribution in [0.4, 0.5) is 70.3 Å². The highest BCUT2D eigenvalue weighted by Gasteiger charge is 2.35. The Balaban J connectivity index is 0.000000143. The number of aryl methyl sites for hydroxylation is 1. The van der Waals surface area contributed by atoms with E-state index in [1.54, 1.807) is 12.4 Å². The number of hydrogen-bond donors (Lipinski definition) is 6. The van der Waals surface area contributed by atoms with E-state index >= 15 is 0 Å². The van der Waals surface area contributed by atoms with E-state index in [1.165, 1.54) is 49.2 Å². The van der Waals surface area contributed by atoms with Crippen molar-refractivity contribution in [1.82, 2.24) is 40.3 Å². The van der Waals surface area contributed by atoms with Crippen molar-refractivity contribution < 1.29 is 73.9 Å². The van der Waals surface area contributed by atoms with Crippen LogP contribution in [0.15, 0.2) is 126 Å². The SMILES string of the molecule is CC(C)CCON=O.CN(c1nccc(Nc2cc(C3CC3)[nH]n2)n1)C1CCC(CC(=O)CC2Cc3cc(F)c(F)cc3C2)CC1.CN(c1nccc(Nc2cc(C3CC3)[nH]n2)n1)C1CCC(CC(=O)Oc2ccccc2)CC1.NC1Cc2cc(F)c(F)cc2C1=O.O=C1/C(=N\O)Cc2cc(F)c(F)cc21.O=C1CCc2cc(F)c(F)cc21. The van der Waals surface area contributed by atoms with E-state index in [9.17, 15) is 64.0 Å². The van der Waals surface area contributed by atoms with Crippen molar-refractivity contribution in [3.8, 4) is 5.75 Å². The van der Waals surface area contributed by atoms with Gasteiger partial charge in [-0.1, -0.05) is 37.2 Å². The summed E-state index contributed by atoms with van der Waals surface area (Å²) in [5.41, 5.74) is 11.5. The fourth-order valence-corrected chi connectivity index (χ4v) is 15.4. The van der Waals surface area contributed by atoms with Gasteiger partial charge in [0.25, 0.3) is 0 Å². The number of ether oxygens (including phenoxy) is 1. The summed E-state index contributed by atoms with van der Waals surface area (Å²) < 4.78 is 109. The number of oxime groups is 1. The number of hydrogen-bond acceptors (Lipinski definition) is 22. The zero-order valence-corrected chi connectivity index (χ0v) is 65.7.